The van der Waals surface area contributed by atoms with E-state index in [0.717, 1.165) is 141 Å². The van der Waals surface area contributed by atoms with Crippen molar-refractivity contribution in [3.05, 3.63) is 170 Å². The standard InChI is InChI=1S/C105H180O16P2/c1-4-7-10-13-16-19-22-25-28-31-34-36-38-40-42-44-46-48-49-51-53-54-56-58-60-62-65-67-70-73-76-79-82-85-88-91-103(108)115-94-100(106)95-117-122(111,112)118-96-101(107)97-119-123(113,114)120-99-102(121-105(110)93-90-87-84-81-78-75-72-69-64-33-30-27-24-21-18-15-12-9-6-3)98-116-104(109)92-89-86-83-80-77-74-71-68-66-63-61-59-57-55-52-50-47-45-43-41-39-37-35-32-29-26-23-20-17-14-11-8-5-2/h7,9-10,12,16-21,25-30,34-37,40-43,64,69,75,78,100-102,106-107H,4-6,8,11,13-15,22-24,31-33,38-39,44-63,65-68,70-74,76-77,79-99H2,1-3H3,(H,111,112)(H,113,114)/b10-7-,12-9-,19-16-,20-17-,21-18-,28-25-,29-26-,30-27-,36-34-,37-35-,42-40-,43-41-,69-64-,78-75-. The zero-order chi connectivity index (χ0) is 89.3. The summed E-state index contributed by atoms with van der Waals surface area (Å²) < 4.78 is 61.5. The smallest absolute Gasteiger partial charge is 0.463 e. The van der Waals surface area contributed by atoms with Crippen molar-refractivity contribution in [1.82, 2.24) is 0 Å². The number of aliphatic hydroxyl groups is 2. The summed E-state index contributed by atoms with van der Waals surface area (Å²) in [6.45, 7) is 2.45. The lowest BCUT2D eigenvalue weighted by Crippen LogP contribution is -2.30. The van der Waals surface area contributed by atoms with E-state index < -0.39 is 91.5 Å². The van der Waals surface area contributed by atoms with E-state index in [-0.39, 0.29) is 19.3 Å². The summed E-state index contributed by atoms with van der Waals surface area (Å²) in [4.78, 5) is 59.1. The van der Waals surface area contributed by atoms with Crippen LogP contribution in [0.2, 0.25) is 0 Å². The topological polar surface area (TPSA) is 231 Å². The number of esters is 3. The first kappa shape index (κ1) is 118. The molecule has 0 amide bonds. The number of ether oxygens (including phenoxy) is 3. The first-order chi connectivity index (χ1) is 60.2. The van der Waals surface area contributed by atoms with Crippen molar-refractivity contribution in [3.8, 4) is 0 Å². The molecule has 5 unspecified atom stereocenters. The Labute approximate surface area is 752 Å². The second kappa shape index (κ2) is 96.0. The Morgan fingerprint density at radius 1 is 0.236 bits per heavy atom. The van der Waals surface area contributed by atoms with E-state index in [2.05, 4.69) is 191 Å². The summed E-state index contributed by atoms with van der Waals surface area (Å²) in [6.07, 6.45) is 126. The van der Waals surface area contributed by atoms with E-state index >= 15 is 0 Å². The van der Waals surface area contributed by atoms with E-state index in [1.165, 1.54) is 218 Å². The molecule has 123 heavy (non-hydrogen) atoms. The van der Waals surface area contributed by atoms with Crippen molar-refractivity contribution >= 4 is 33.6 Å². The van der Waals surface area contributed by atoms with Crippen molar-refractivity contribution in [1.29, 1.82) is 0 Å². The molecule has 706 valence electrons. The summed E-state index contributed by atoms with van der Waals surface area (Å²) in [6, 6.07) is 0. The average molecular weight is 1760 g/mol. The Kier molecular flexibility index (Phi) is 92.0. The molecule has 0 aliphatic heterocycles. The molecular formula is C105H180O16P2. The molecule has 0 saturated carbocycles. The Hall–Kier alpha value is -5.09. The molecule has 0 saturated heterocycles. The van der Waals surface area contributed by atoms with Gasteiger partial charge in [0.1, 0.15) is 25.4 Å². The van der Waals surface area contributed by atoms with Crippen molar-refractivity contribution in [2.75, 3.05) is 39.6 Å². The minimum atomic E-state index is -4.95. The van der Waals surface area contributed by atoms with Crippen LogP contribution < -0.4 is 0 Å². The SMILES string of the molecule is CC/C=C\C/C=C\C/C=C\C/C=C\C/C=C\CCCCCCCCCCCCCCCCCCCCCC(=O)OCC(O)COP(=O)(O)OCC(O)COP(=O)(O)OCC(COC(=O)CCCCCCCCCCCCCCCCCCC/C=C\C/C=C\C/C=C\C/C=C\CCCCC)OC(=O)CCCCC/C=C\C/C=C\C/C=C\C/C=C\C/C=C\CC. The number of carbonyl (C=O) groups is 3. The largest absolute Gasteiger partial charge is 0.472 e. The molecule has 5 atom stereocenters. The number of hydrogen-bond acceptors (Lipinski definition) is 14. The molecule has 18 heteroatoms. The predicted octanol–water partition coefficient (Wildman–Crippen LogP) is 31.0. The van der Waals surface area contributed by atoms with Crippen molar-refractivity contribution in [2.45, 2.75) is 437 Å². The second-order valence-corrected chi connectivity index (χ2v) is 35.7. The zero-order valence-corrected chi connectivity index (χ0v) is 79.9. The number of unbranched alkanes of at least 4 members (excludes halogenated alkanes) is 42. The minimum Gasteiger partial charge on any atom is -0.463 e. The maximum absolute atomic E-state index is 13.1. The van der Waals surface area contributed by atoms with Gasteiger partial charge in [0.2, 0.25) is 0 Å². The number of carbonyl (C=O) groups excluding carboxylic acids is 3. The van der Waals surface area contributed by atoms with E-state index in [1.807, 2.05) is 0 Å². The van der Waals surface area contributed by atoms with E-state index in [0.29, 0.717) is 19.3 Å². The number of aliphatic hydroxyl groups excluding tert-OH is 2. The van der Waals surface area contributed by atoms with Gasteiger partial charge in [-0.1, -0.05) is 416 Å². The monoisotopic (exact) mass is 1760 g/mol. The lowest BCUT2D eigenvalue weighted by molar-refractivity contribution is -0.161. The number of rotatable bonds is 93. The van der Waals surface area contributed by atoms with Gasteiger partial charge in [-0.05, 0) is 154 Å². The van der Waals surface area contributed by atoms with E-state index in [4.69, 9.17) is 32.3 Å². The van der Waals surface area contributed by atoms with Crippen molar-refractivity contribution in [3.63, 3.8) is 0 Å². The summed E-state index contributed by atoms with van der Waals surface area (Å²) in [7, 11) is -9.82. The highest BCUT2D eigenvalue weighted by molar-refractivity contribution is 7.47. The van der Waals surface area contributed by atoms with Gasteiger partial charge in [-0.2, -0.15) is 0 Å². The average Bonchev–Trinajstić information content (AvgIpc) is 0.899. The van der Waals surface area contributed by atoms with Gasteiger partial charge in [0, 0.05) is 19.3 Å². The highest BCUT2D eigenvalue weighted by Gasteiger charge is 2.30. The molecule has 0 rings (SSSR count). The number of allylic oxidation sites excluding steroid dienone is 28. The third-order valence-electron chi connectivity index (χ3n) is 20.9. The van der Waals surface area contributed by atoms with Crippen LogP contribution in [0.25, 0.3) is 0 Å². The molecule has 16 nitrogen and oxygen atoms in total. The normalized spacial score (nSPS) is 14.4. The summed E-state index contributed by atoms with van der Waals surface area (Å²) >= 11 is 0. The van der Waals surface area contributed by atoms with Gasteiger partial charge in [-0.15, -0.1) is 0 Å². The first-order valence-corrected chi connectivity index (χ1v) is 52.4. The van der Waals surface area contributed by atoms with Crippen LogP contribution in [0.1, 0.15) is 419 Å². The molecule has 0 fully saturated rings. The van der Waals surface area contributed by atoms with Gasteiger partial charge in [0.05, 0.1) is 26.4 Å². The molecule has 4 N–H and O–H groups in total. The molecule has 0 aliphatic carbocycles. The van der Waals surface area contributed by atoms with Crippen LogP contribution in [-0.2, 0) is 55.8 Å². The lowest BCUT2D eigenvalue weighted by Gasteiger charge is -2.21. The van der Waals surface area contributed by atoms with Crippen LogP contribution in [0.15, 0.2) is 170 Å². The van der Waals surface area contributed by atoms with Crippen LogP contribution in [0.5, 0.6) is 0 Å². The maximum atomic E-state index is 13.1. The van der Waals surface area contributed by atoms with Crippen LogP contribution >= 0.6 is 15.6 Å². The fourth-order valence-electron chi connectivity index (χ4n) is 13.5. The summed E-state index contributed by atoms with van der Waals surface area (Å²) in [5, 5.41) is 20.8. The third kappa shape index (κ3) is 97.4. The Bertz CT molecular complexity index is 2920. The highest BCUT2D eigenvalue weighted by Crippen LogP contribution is 2.45. The van der Waals surface area contributed by atoms with Gasteiger partial charge in [0.25, 0.3) is 0 Å². The van der Waals surface area contributed by atoms with Crippen molar-refractivity contribution < 1.29 is 75.8 Å². The van der Waals surface area contributed by atoms with Crippen LogP contribution in [0.3, 0.4) is 0 Å². The lowest BCUT2D eigenvalue weighted by atomic mass is 10.0. The third-order valence-corrected chi connectivity index (χ3v) is 22.8. The second-order valence-electron chi connectivity index (χ2n) is 32.8. The number of phosphoric acid groups is 2. The minimum absolute atomic E-state index is 0.0631. The molecule has 0 aliphatic rings. The van der Waals surface area contributed by atoms with Gasteiger partial charge >= 0.3 is 33.6 Å². The van der Waals surface area contributed by atoms with Gasteiger partial charge in [-0.25, -0.2) is 9.13 Å². The fourth-order valence-corrected chi connectivity index (χ4v) is 15.1. The summed E-state index contributed by atoms with van der Waals surface area (Å²) in [5.74, 6) is -1.60. The number of phosphoric ester groups is 2. The van der Waals surface area contributed by atoms with Crippen LogP contribution in [0.4, 0.5) is 0 Å². The maximum Gasteiger partial charge on any atom is 0.472 e. The zero-order valence-electron chi connectivity index (χ0n) is 78.1. The van der Waals surface area contributed by atoms with E-state index in [1.54, 1.807) is 0 Å². The Balaban J connectivity index is 4.50. The van der Waals surface area contributed by atoms with Crippen LogP contribution in [-0.4, -0.2) is 95.9 Å². The molecule has 0 heterocycles. The summed E-state index contributed by atoms with van der Waals surface area (Å²) in [5.41, 5.74) is 0. The molecule has 0 bridgehead atoms. The molecule has 0 aromatic rings. The predicted molar refractivity (Wildman–Crippen MR) is 519 cm³/mol. The Morgan fingerprint density at radius 3 is 0.691 bits per heavy atom. The first-order valence-electron chi connectivity index (χ1n) is 49.4. The number of hydrogen-bond donors (Lipinski definition) is 4. The molecular weight excluding hydrogens is 1580 g/mol. The van der Waals surface area contributed by atoms with Gasteiger partial charge < -0.3 is 34.2 Å². The van der Waals surface area contributed by atoms with Gasteiger partial charge in [0.15, 0.2) is 6.10 Å². The molecule has 0 spiro atoms. The molecule has 0 radical (unpaired) electrons. The molecule has 0 aromatic heterocycles. The fraction of sp³-hybridized carbons (Fsp3) is 0.705. The van der Waals surface area contributed by atoms with E-state index in [9.17, 15) is 43.5 Å². The van der Waals surface area contributed by atoms with Gasteiger partial charge in [-0.3, -0.25) is 32.5 Å². The Morgan fingerprint density at radius 2 is 0.431 bits per heavy atom. The quantitative estimate of drug-likeness (QED) is 0.0146. The molecule has 0 aromatic carbocycles. The van der Waals surface area contributed by atoms with Crippen LogP contribution in [0, 0.1) is 0 Å². The highest BCUT2D eigenvalue weighted by atomic mass is 31.2. The van der Waals surface area contributed by atoms with Crippen molar-refractivity contribution in [2.24, 2.45) is 0 Å².